The van der Waals surface area contributed by atoms with Gasteiger partial charge in [0.2, 0.25) is 0 Å². The van der Waals surface area contributed by atoms with E-state index in [2.05, 4.69) is 56.3 Å². The number of hydrogen-bond donors (Lipinski definition) is 0. The summed E-state index contributed by atoms with van der Waals surface area (Å²) in [4.78, 5) is 0. The molecule has 0 N–H and O–H groups in total. The van der Waals surface area contributed by atoms with Crippen LogP contribution in [0.5, 0.6) is 0 Å². The number of fused-ring (bicyclic) bond motifs is 1. The van der Waals surface area contributed by atoms with Gasteiger partial charge in [-0.15, -0.1) is 0 Å². The largest absolute Gasteiger partial charge is 0.355 e. The van der Waals surface area contributed by atoms with Gasteiger partial charge in [0.25, 0.3) is 0 Å². The minimum absolute atomic E-state index is 0.453. The van der Waals surface area contributed by atoms with Crippen LogP contribution in [0.4, 0.5) is 0 Å². The Labute approximate surface area is 98.3 Å². The first kappa shape index (κ1) is 11.6. The van der Waals surface area contributed by atoms with E-state index in [0.717, 1.165) is 12.8 Å². The standard InChI is InChI=1S/C14H17OP/c1-3-15-16(4-2)14-11-7-9-12-8-5-6-10-13(12)14/h5-11H,3-4H2,1-2H3. The Morgan fingerprint density at radius 1 is 1.00 bits per heavy atom. The molecule has 2 aromatic carbocycles. The lowest BCUT2D eigenvalue weighted by atomic mass is 10.1. The highest BCUT2D eigenvalue weighted by Crippen LogP contribution is 2.37. The highest BCUT2D eigenvalue weighted by molar-refractivity contribution is 7.61. The van der Waals surface area contributed by atoms with Gasteiger partial charge in [0.05, 0.1) is 8.15 Å². The minimum Gasteiger partial charge on any atom is -0.355 e. The van der Waals surface area contributed by atoms with Gasteiger partial charge in [-0.05, 0) is 23.9 Å². The molecule has 0 spiro atoms. The normalized spacial score (nSPS) is 12.9. The molecule has 0 fully saturated rings. The predicted octanol–water partition coefficient (Wildman–Crippen LogP) is 3.92. The zero-order valence-corrected chi connectivity index (χ0v) is 10.7. The van der Waals surface area contributed by atoms with Crippen LogP contribution in [0.3, 0.4) is 0 Å². The van der Waals surface area contributed by atoms with Crippen molar-refractivity contribution in [3.63, 3.8) is 0 Å². The smallest absolute Gasteiger partial charge is 0.0606 e. The second-order valence-electron chi connectivity index (χ2n) is 3.61. The average molecular weight is 232 g/mol. The predicted molar refractivity (Wildman–Crippen MR) is 72.7 cm³/mol. The van der Waals surface area contributed by atoms with Crippen molar-refractivity contribution in [1.29, 1.82) is 0 Å². The van der Waals surface area contributed by atoms with E-state index in [1.807, 2.05) is 0 Å². The Balaban J connectivity index is 2.50. The summed E-state index contributed by atoms with van der Waals surface area (Å²) >= 11 is 0. The maximum absolute atomic E-state index is 5.85. The Kier molecular flexibility index (Phi) is 3.93. The van der Waals surface area contributed by atoms with Gasteiger partial charge in [0, 0.05) is 11.9 Å². The summed E-state index contributed by atoms with van der Waals surface area (Å²) in [5, 5.41) is 4.02. The Morgan fingerprint density at radius 3 is 2.50 bits per heavy atom. The fourth-order valence-electron chi connectivity index (χ4n) is 1.91. The average Bonchev–Trinajstić information content (AvgIpc) is 2.35. The van der Waals surface area contributed by atoms with Crippen molar-refractivity contribution < 1.29 is 4.52 Å². The molecule has 0 aliphatic rings. The lowest BCUT2D eigenvalue weighted by molar-refractivity contribution is 0.383. The Hall–Kier alpha value is -0.910. The molecule has 16 heavy (non-hydrogen) atoms. The molecule has 1 atom stereocenters. The lowest BCUT2D eigenvalue weighted by Crippen LogP contribution is -2.06. The molecular formula is C14H17OP. The molecule has 0 radical (unpaired) electrons. The minimum atomic E-state index is -0.453. The van der Waals surface area contributed by atoms with Gasteiger partial charge in [0.15, 0.2) is 0 Å². The van der Waals surface area contributed by atoms with E-state index < -0.39 is 8.15 Å². The number of rotatable bonds is 4. The maximum Gasteiger partial charge on any atom is 0.0606 e. The number of hydrogen-bond acceptors (Lipinski definition) is 1. The molecule has 0 heterocycles. The zero-order valence-electron chi connectivity index (χ0n) is 9.81. The summed E-state index contributed by atoms with van der Waals surface area (Å²) in [6.45, 7) is 5.06. The van der Waals surface area contributed by atoms with Gasteiger partial charge in [-0.2, -0.15) is 0 Å². The second kappa shape index (κ2) is 5.43. The van der Waals surface area contributed by atoms with E-state index in [9.17, 15) is 0 Å². The first-order chi connectivity index (χ1) is 7.86. The van der Waals surface area contributed by atoms with Crippen LogP contribution in [0.2, 0.25) is 0 Å². The molecule has 0 aliphatic heterocycles. The van der Waals surface area contributed by atoms with E-state index in [-0.39, 0.29) is 0 Å². The molecular weight excluding hydrogens is 215 g/mol. The zero-order chi connectivity index (χ0) is 11.4. The van der Waals surface area contributed by atoms with Crippen LogP contribution >= 0.6 is 8.15 Å². The fraction of sp³-hybridized carbons (Fsp3) is 0.286. The summed E-state index contributed by atoms with van der Waals surface area (Å²) in [5.74, 6) is 0. The summed E-state index contributed by atoms with van der Waals surface area (Å²) in [6, 6.07) is 15.0. The van der Waals surface area contributed by atoms with Crippen LogP contribution in [0, 0.1) is 0 Å². The van der Waals surface area contributed by atoms with E-state index >= 15 is 0 Å². The van der Waals surface area contributed by atoms with Crippen LogP contribution in [0.25, 0.3) is 10.8 Å². The molecule has 1 nitrogen and oxygen atoms in total. The van der Waals surface area contributed by atoms with Gasteiger partial charge in [-0.3, -0.25) is 0 Å². The SMILES string of the molecule is CCOP(CC)c1cccc2ccccc12. The van der Waals surface area contributed by atoms with Crippen LogP contribution in [-0.4, -0.2) is 12.8 Å². The maximum atomic E-state index is 5.85. The van der Waals surface area contributed by atoms with Crippen molar-refractivity contribution in [3.8, 4) is 0 Å². The monoisotopic (exact) mass is 232 g/mol. The molecule has 0 saturated carbocycles. The third kappa shape index (κ3) is 2.26. The van der Waals surface area contributed by atoms with Gasteiger partial charge in [-0.1, -0.05) is 49.4 Å². The number of benzene rings is 2. The molecule has 0 aromatic heterocycles. The van der Waals surface area contributed by atoms with Crippen LogP contribution in [0.1, 0.15) is 13.8 Å². The molecule has 0 amide bonds. The molecule has 0 aliphatic carbocycles. The highest BCUT2D eigenvalue weighted by atomic mass is 31.1. The summed E-state index contributed by atoms with van der Waals surface area (Å²) in [6.07, 6.45) is 1.08. The van der Waals surface area contributed by atoms with E-state index in [0.29, 0.717) is 0 Å². The Bertz CT molecular complexity index is 462. The molecule has 84 valence electrons. The first-order valence-electron chi connectivity index (χ1n) is 5.75. The quantitative estimate of drug-likeness (QED) is 0.726. The van der Waals surface area contributed by atoms with Crippen LogP contribution < -0.4 is 5.30 Å². The molecule has 2 aromatic rings. The van der Waals surface area contributed by atoms with Crippen molar-refractivity contribution in [2.45, 2.75) is 13.8 Å². The van der Waals surface area contributed by atoms with Crippen molar-refractivity contribution in [3.05, 3.63) is 42.5 Å². The van der Waals surface area contributed by atoms with Gasteiger partial charge >= 0.3 is 0 Å². The molecule has 2 heteroatoms. The van der Waals surface area contributed by atoms with Gasteiger partial charge in [-0.25, -0.2) is 0 Å². The van der Waals surface area contributed by atoms with Crippen molar-refractivity contribution in [1.82, 2.24) is 0 Å². The summed E-state index contributed by atoms with van der Waals surface area (Å²) in [7, 11) is -0.453. The van der Waals surface area contributed by atoms with E-state index in [4.69, 9.17) is 4.52 Å². The summed E-state index contributed by atoms with van der Waals surface area (Å²) in [5.41, 5.74) is 0. The Morgan fingerprint density at radius 2 is 1.75 bits per heavy atom. The summed E-state index contributed by atoms with van der Waals surface area (Å²) < 4.78 is 5.85. The third-order valence-corrected chi connectivity index (χ3v) is 4.68. The van der Waals surface area contributed by atoms with Crippen molar-refractivity contribution in [2.75, 3.05) is 12.8 Å². The van der Waals surface area contributed by atoms with Gasteiger partial charge < -0.3 is 4.52 Å². The molecule has 2 rings (SSSR count). The fourth-order valence-corrected chi connectivity index (χ4v) is 3.61. The highest BCUT2D eigenvalue weighted by Gasteiger charge is 2.11. The molecule has 0 bridgehead atoms. The van der Waals surface area contributed by atoms with Crippen molar-refractivity contribution >= 4 is 24.2 Å². The van der Waals surface area contributed by atoms with E-state index in [1.54, 1.807) is 0 Å². The topological polar surface area (TPSA) is 9.23 Å². The van der Waals surface area contributed by atoms with Crippen LogP contribution in [-0.2, 0) is 4.52 Å². The second-order valence-corrected chi connectivity index (χ2v) is 5.74. The first-order valence-corrected chi connectivity index (χ1v) is 7.19. The van der Waals surface area contributed by atoms with Gasteiger partial charge in [0.1, 0.15) is 0 Å². The van der Waals surface area contributed by atoms with Crippen LogP contribution in [0.15, 0.2) is 42.5 Å². The third-order valence-electron chi connectivity index (χ3n) is 2.61. The molecule has 0 saturated heterocycles. The van der Waals surface area contributed by atoms with Crippen molar-refractivity contribution in [2.24, 2.45) is 0 Å². The lowest BCUT2D eigenvalue weighted by Gasteiger charge is -2.17. The molecule has 1 unspecified atom stereocenters. The van der Waals surface area contributed by atoms with E-state index in [1.165, 1.54) is 16.1 Å².